The van der Waals surface area contributed by atoms with E-state index in [0.29, 0.717) is 19.1 Å². The highest BCUT2D eigenvalue weighted by Crippen LogP contribution is 2.15. The van der Waals surface area contributed by atoms with E-state index in [1.165, 1.54) is 0 Å². The van der Waals surface area contributed by atoms with E-state index in [1.54, 1.807) is 0 Å². The van der Waals surface area contributed by atoms with E-state index in [4.69, 9.17) is 10.5 Å². The molecule has 1 aromatic rings. The monoisotopic (exact) mass is 377 g/mol. The van der Waals surface area contributed by atoms with Gasteiger partial charge in [-0.05, 0) is 39.3 Å². The number of rotatable bonds is 4. The Morgan fingerprint density at radius 1 is 1.32 bits per heavy atom. The number of nitrogens with one attached hydrogen (secondary N) is 1. The fourth-order valence-electron chi connectivity index (χ4n) is 1.46. The molecule has 0 aliphatic carbocycles. The molecule has 1 rings (SSSR count). The van der Waals surface area contributed by atoms with Crippen molar-refractivity contribution in [2.45, 2.75) is 33.2 Å². The fourth-order valence-corrected chi connectivity index (χ4v) is 1.46. The number of halogens is 1. The second-order valence-corrected chi connectivity index (χ2v) is 5.26. The van der Waals surface area contributed by atoms with Crippen LogP contribution in [0.1, 0.15) is 26.3 Å². The predicted molar refractivity (Wildman–Crippen MR) is 91.5 cm³/mol. The van der Waals surface area contributed by atoms with Gasteiger partial charge in [-0.1, -0.05) is 18.2 Å². The van der Waals surface area contributed by atoms with Gasteiger partial charge in [0.1, 0.15) is 12.4 Å². The Balaban J connectivity index is 0.00000324. The highest BCUT2D eigenvalue weighted by atomic mass is 127. The SMILES string of the molecule is Cc1ccccc1OCCN=C(N)NC(C)(C)C.I. The molecule has 0 spiro atoms. The molecule has 0 saturated carbocycles. The fraction of sp³-hybridized carbons (Fsp3) is 0.500. The molecule has 0 heterocycles. The molecule has 0 bridgehead atoms. The van der Waals surface area contributed by atoms with Gasteiger partial charge in [0.05, 0.1) is 6.54 Å². The first-order valence-corrected chi connectivity index (χ1v) is 6.15. The Morgan fingerprint density at radius 3 is 2.53 bits per heavy atom. The number of benzene rings is 1. The van der Waals surface area contributed by atoms with Crippen molar-refractivity contribution in [3.8, 4) is 5.75 Å². The van der Waals surface area contributed by atoms with Crippen LogP contribution in [0.4, 0.5) is 0 Å². The molecule has 0 aliphatic heterocycles. The van der Waals surface area contributed by atoms with Gasteiger partial charge in [0, 0.05) is 5.54 Å². The number of aryl methyl sites for hydroxylation is 1. The van der Waals surface area contributed by atoms with Gasteiger partial charge in [0.2, 0.25) is 0 Å². The van der Waals surface area contributed by atoms with Gasteiger partial charge in [-0.25, -0.2) is 4.99 Å². The van der Waals surface area contributed by atoms with Crippen molar-refractivity contribution < 1.29 is 4.74 Å². The maximum atomic E-state index is 5.75. The van der Waals surface area contributed by atoms with Crippen LogP contribution in [0, 0.1) is 6.92 Å². The largest absolute Gasteiger partial charge is 0.491 e. The normalized spacial score (nSPS) is 11.7. The van der Waals surface area contributed by atoms with E-state index >= 15 is 0 Å². The van der Waals surface area contributed by atoms with Crippen molar-refractivity contribution in [2.24, 2.45) is 10.7 Å². The minimum Gasteiger partial charge on any atom is -0.491 e. The summed E-state index contributed by atoms with van der Waals surface area (Å²) in [5.74, 6) is 1.35. The number of guanidine groups is 1. The highest BCUT2D eigenvalue weighted by molar-refractivity contribution is 14.0. The zero-order chi connectivity index (χ0) is 13.6. The van der Waals surface area contributed by atoms with Crippen LogP contribution in [-0.2, 0) is 0 Å². The summed E-state index contributed by atoms with van der Waals surface area (Å²) >= 11 is 0. The summed E-state index contributed by atoms with van der Waals surface area (Å²) in [6.07, 6.45) is 0. The van der Waals surface area contributed by atoms with Crippen molar-refractivity contribution in [3.63, 3.8) is 0 Å². The van der Waals surface area contributed by atoms with Crippen LogP contribution in [0.5, 0.6) is 5.75 Å². The van der Waals surface area contributed by atoms with Crippen molar-refractivity contribution in [3.05, 3.63) is 29.8 Å². The van der Waals surface area contributed by atoms with Gasteiger partial charge in [-0.3, -0.25) is 0 Å². The van der Waals surface area contributed by atoms with Gasteiger partial charge in [-0.2, -0.15) is 0 Å². The summed E-state index contributed by atoms with van der Waals surface area (Å²) in [4.78, 5) is 4.21. The summed E-state index contributed by atoms with van der Waals surface area (Å²) in [6, 6.07) is 7.93. The lowest BCUT2D eigenvalue weighted by molar-refractivity contribution is 0.326. The summed E-state index contributed by atoms with van der Waals surface area (Å²) in [7, 11) is 0. The minimum absolute atomic E-state index is 0. The molecular weight excluding hydrogens is 353 g/mol. The first kappa shape index (κ1) is 18.0. The van der Waals surface area contributed by atoms with Crippen LogP contribution in [0.2, 0.25) is 0 Å². The lowest BCUT2D eigenvalue weighted by atomic mass is 10.1. The summed E-state index contributed by atoms with van der Waals surface area (Å²) in [5.41, 5.74) is 6.81. The van der Waals surface area contributed by atoms with Gasteiger partial charge in [0.25, 0.3) is 0 Å². The molecule has 0 aromatic heterocycles. The average Bonchev–Trinajstić information content (AvgIpc) is 2.24. The van der Waals surface area contributed by atoms with Gasteiger partial charge >= 0.3 is 0 Å². The molecular formula is C14H24IN3O. The molecule has 0 aliphatic rings. The van der Waals surface area contributed by atoms with Crippen molar-refractivity contribution in [1.29, 1.82) is 0 Å². The van der Waals surface area contributed by atoms with E-state index in [9.17, 15) is 0 Å². The second kappa shape index (κ2) is 8.24. The predicted octanol–water partition coefficient (Wildman–Crippen LogP) is 2.69. The second-order valence-electron chi connectivity index (χ2n) is 5.26. The van der Waals surface area contributed by atoms with E-state index in [2.05, 4.69) is 10.3 Å². The molecule has 4 nitrogen and oxygen atoms in total. The number of nitrogens with two attached hydrogens (primary N) is 1. The number of ether oxygens (including phenoxy) is 1. The summed E-state index contributed by atoms with van der Waals surface area (Å²) < 4.78 is 5.63. The molecule has 0 fully saturated rings. The molecule has 0 saturated heterocycles. The topological polar surface area (TPSA) is 59.6 Å². The Kier molecular flexibility index (Phi) is 7.82. The standard InChI is InChI=1S/C14H23N3O.HI/c1-11-7-5-6-8-12(11)18-10-9-16-13(15)17-14(2,3)4;/h5-8H,9-10H2,1-4H3,(H3,15,16,17);1H. The van der Waals surface area contributed by atoms with Crippen LogP contribution in [0.15, 0.2) is 29.3 Å². The highest BCUT2D eigenvalue weighted by Gasteiger charge is 2.09. The lowest BCUT2D eigenvalue weighted by Crippen LogP contribution is -2.45. The molecule has 3 N–H and O–H groups in total. The lowest BCUT2D eigenvalue weighted by Gasteiger charge is -2.21. The summed E-state index contributed by atoms with van der Waals surface area (Å²) in [6.45, 7) is 9.21. The van der Waals surface area contributed by atoms with Crippen molar-refractivity contribution in [2.75, 3.05) is 13.2 Å². The van der Waals surface area contributed by atoms with Crippen LogP contribution >= 0.6 is 24.0 Å². The Bertz CT molecular complexity index is 413. The molecule has 0 amide bonds. The number of nitrogens with zero attached hydrogens (tertiary/aromatic N) is 1. The smallest absolute Gasteiger partial charge is 0.189 e. The molecule has 0 radical (unpaired) electrons. The number of hydrogen-bond acceptors (Lipinski definition) is 2. The quantitative estimate of drug-likeness (QED) is 0.367. The van der Waals surface area contributed by atoms with Crippen LogP contribution in [0.25, 0.3) is 0 Å². The first-order chi connectivity index (χ1) is 8.38. The maximum absolute atomic E-state index is 5.75. The average molecular weight is 377 g/mol. The van der Waals surface area contributed by atoms with Crippen molar-refractivity contribution in [1.82, 2.24) is 5.32 Å². The molecule has 0 unspecified atom stereocenters. The molecule has 5 heteroatoms. The first-order valence-electron chi connectivity index (χ1n) is 6.15. The van der Waals surface area contributed by atoms with E-state index in [1.807, 2.05) is 52.0 Å². The Morgan fingerprint density at radius 2 is 1.95 bits per heavy atom. The van der Waals surface area contributed by atoms with E-state index < -0.39 is 0 Å². The van der Waals surface area contributed by atoms with Crippen LogP contribution in [-0.4, -0.2) is 24.7 Å². The number of aliphatic imine (C=N–C) groups is 1. The molecule has 0 atom stereocenters. The van der Waals surface area contributed by atoms with Gasteiger partial charge in [-0.15, -0.1) is 24.0 Å². The Hall–Kier alpha value is -0.980. The molecule has 1 aromatic carbocycles. The molecule has 19 heavy (non-hydrogen) atoms. The zero-order valence-electron chi connectivity index (χ0n) is 12.1. The van der Waals surface area contributed by atoms with E-state index in [0.717, 1.165) is 11.3 Å². The van der Waals surface area contributed by atoms with Gasteiger partial charge < -0.3 is 15.8 Å². The third-order valence-corrected chi connectivity index (χ3v) is 2.23. The third-order valence-electron chi connectivity index (χ3n) is 2.23. The maximum Gasteiger partial charge on any atom is 0.189 e. The zero-order valence-corrected chi connectivity index (χ0v) is 14.4. The number of hydrogen-bond donors (Lipinski definition) is 2. The Labute approximate surface area is 132 Å². The minimum atomic E-state index is -0.0650. The van der Waals surface area contributed by atoms with E-state index in [-0.39, 0.29) is 29.5 Å². The van der Waals surface area contributed by atoms with Crippen LogP contribution < -0.4 is 15.8 Å². The third kappa shape index (κ3) is 7.92. The summed E-state index contributed by atoms with van der Waals surface area (Å²) in [5, 5.41) is 3.10. The van der Waals surface area contributed by atoms with Crippen molar-refractivity contribution >= 4 is 29.9 Å². The van der Waals surface area contributed by atoms with Gasteiger partial charge in [0.15, 0.2) is 5.96 Å². The van der Waals surface area contributed by atoms with Crippen LogP contribution in [0.3, 0.4) is 0 Å². The number of para-hydroxylation sites is 1. The molecule has 108 valence electrons.